The van der Waals surface area contributed by atoms with Crippen LogP contribution in [-0.2, 0) is 17.8 Å². The Hall–Kier alpha value is -2.86. The van der Waals surface area contributed by atoms with Crippen molar-refractivity contribution in [3.63, 3.8) is 0 Å². The highest BCUT2D eigenvalue weighted by Crippen LogP contribution is 2.31. The van der Waals surface area contributed by atoms with Gasteiger partial charge in [0.2, 0.25) is 5.91 Å². The molecule has 27 heavy (non-hydrogen) atoms. The molecule has 0 saturated heterocycles. The number of aromatic nitrogens is 2. The van der Waals surface area contributed by atoms with Gasteiger partial charge in [0.15, 0.2) is 5.78 Å². The van der Waals surface area contributed by atoms with Gasteiger partial charge < -0.3 is 9.88 Å². The fourth-order valence-corrected chi connectivity index (χ4v) is 4.01. The van der Waals surface area contributed by atoms with Crippen molar-refractivity contribution >= 4 is 29.1 Å². The number of nitrogens with zero attached hydrogens (tertiary/aromatic N) is 2. The van der Waals surface area contributed by atoms with E-state index in [9.17, 15) is 9.59 Å². The number of Topliss-reactive ketones (excluding diaryl/α,β-unsaturated/α-hetero) is 1. The fourth-order valence-electron chi connectivity index (χ4n) is 3.07. The van der Waals surface area contributed by atoms with Crippen molar-refractivity contribution < 1.29 is 9.59 Å². The maximum Gasteiger partial charge on any atom is 0.225 e. The van der Waals surface area contributed by atoms with Crippen LogP contribution in [0.3, 0.4) is 0 Å². The third-order valence-corrected chi connectivity index (χ3v) is 5.55. The molecule has 5 nitrogen and oxygen atoms in total. The first-order valence-corrected chi connectivity index (χ1v) is 9.81. The molecule has 0 atom stereocenters. The molecule has 4 rings (SSSR count). The first-order chi connectivity index (χ1) is 13.2. The predicted molar refractivity (Wildman–Crippen MR) is 106 cm³/mol. The van der Waals surface area contributed by atoms with E-state index >= 15 is 0 Å². The highest BCUT2D eigenvalue weighted by atomic mass is 32.2. The summed E-state index contributed by atoms with van der Waals surface area (Å²) < 4.78 is 1.99. The van der Waals surface area contributed by atoms with Crippen LogP contribution in [0.2, 0.25) is 0 Å². The van der Waals surface area contributed by atoms with Crippen LogP contribution in [0, 0.1) is 0 Å². The minimum absolute atomic E-state index is 0.00995. The summed E-state index contributed by atoms with van der Waals surface area (Å²) in [5.74, 6) is 1.46. The second-order valence-electron chi connectivity index (χ2n) is 6.41. The molecule has 1 aromatic heterocycles. The van der Waals surface area contributed by atoms with Gasteiger partial charge in [-0.15, -0.1) is 11.8 Å². The highest BCUT2D eigenvalue weighted by molar-refractivity contribution is 7.99. The van der Waals surface area contributed by atoms with Gasteiger partial charge in [-0.3, -0.25) is 9.59 Å². The van der Waals surface area contributed by atoms with Crippen molar-refractivity contribution in [3.05, 3.63) is 77.9 Å². The number of imidazole rings is 1. The van der Waals surface area contributed by atoms with Crippen LogP contribution in [0.25, 0.3) is 0 Å². The van der Waals surface area contributed by atoms with E-state index in [1.54, 1.807) is 24.0 Å². The van der Waals surface area contributed by atoms with Crippen LogP contribution >= 0.6 is 11.8 Å². The number of nitrogens with one attached hydrogen (secondary N) is 1. The monoisotopic (exact) mass is 377 g/mol. The van der Waals surface area contributed by atoms with E-state index in [0.717, 1.165) is 27.7 Å². The molecule has 0 fully saturated rings. The average molecular weight is 377 g/mol. The number of carbonyl (C=O) groups excluding carboxylic acids is 2. The third kappa shape index (κ3) is 4.11. The molecule has 0 aliphatic carbocycles. The Morgan fingerprint density at radius 3 is 2.89 bits per heavy atom. The summed E-state index contributed by atoms with van der Waals surface area (Å²) in [5, 5.41) is 2.89. The van der Waals surface area contributed by atoms with Crippen molar-refractivity contribution in [2.45, 2.75) is 24.3 Å². The number of hydrogen-bond acceptors (Lipinski definition) is 4. The molecule has 2 aromatic carbocycles. The van der Waals surface area contributed by atoms with E-state index in [2.05, 4.69) is 22.4 Å². The number of fused-ring (bicyclic) bond motifs is 1. The van der Waals surface area contributed by atoms with E-state index < -0.39 is 0 Å². The molecule has 1 aliphatic heterocycles. The summed E-state index contributed by atoms with van der Waals surface area (Å²) in [5.41, 5.74) is 2.47. The molecule has 3 aromatic rings. The molecule has 0 spiro atoms. The van der Waals surface area contributed by atoms with Gasteiger partial charge in [0.05, 0.1) is 12.1 Å². The van der Waals surface area contributed by atoms with Crippen LogP contribution < -0.4 is 5.32 Å². The number of hydrogen-bond donors (Lipinski definition) is 1. The molecule has 1 N–H and O–H groups in total. The summed E-state index contributed by atoms with van der Waals surface area (Å²) in [6.07, 6.45) is 4.32. The largest absolute Gasteiger partial charge is 0.330 e. The maximum atomic E-state index is 12.8. The van der Waals surface area contributed by atoms with Crippen molar-refractivity contribution in [1.82, 2.24) is 9.55 Å². The lowest BCUT2D eigenvalue weighted by molar-refractivity contribution is -0.115. The fraction of sp³-hybridized carbons (Fsp3) is 0.190. The number of benzene rings is 2. The molecule has 0 unspecified atom stereocenters. The van der Waals surface area contributed by atoms with Crippen molar-refractivity contribution in [2.24, 2.45) is 0 Å². The normalized spacial score (nSPS) is 13.6. The second-order valence-corrected chi connectivity index (χ2v) is 7.55. The van der Waals surface area contributed by atoms with Crippen LogP contribution in [0.4, 0.5) is 5.69 Å². The van der Waals surface area contributed by atoms with Gasteiger partial charge in [0.25, 0.3) is 0 Å². The Balaban J connectivity index is 1.52. The predicted octanol–water partition coefficient (Wildman–Crippen LogP) is 3.79. The number of rotatable bonds is 5. The minimum Gasteiger partial charge on any atom is -0.330 e. The molecule has 0 bridgehead atoms. The molecule has 6 heteroatoms. The SMILES string of the molecule is O=C1CCSc2ccc(C(=O)Cc3nccn3Cc3ccccc3)cc2N1. The van der Waals surface area contributed by atoms with Gasteiger partial charge in [-0.05, 0) is 17.7 Å². The molecule has 2 heterocycles. The zero-order valence-corrected chi connectivity index (χ0v) is 15.5. The maximum absolute atomic E-state index is 12.8. The molecule has 136 valence electrons. The first kappa shape index (κ1) is 17.5. The summed E-state index contributed by atoms with van der Waals surface area (Å²) in [6.45, 7) is 0.681. The van der Waals surface area contributed by atoms with Gasteiger partial charge in [-0.2, -0.15) is 0 Å². The summed E-state index contributed by atoms with van der Waals surface area (Å²) in [7, 11) is 0. The lowest BCUT2D eigenvalue weighted by Crippen LogP contribution is -2.13. The highest BCUT2D eigenvalue weighted by Gasteiger charge is 2.17. The summed E-state index contributed by atoms with van der Waals surface area (Å²) in [6, 6.07) is 15.6. The van der Waals surface area contributed by atoms with Crippen molar-refractivity contribution in [2.75, 3.05) is 11.1 Å². The molecular formula is C21H19N3O2S. The van der Waals surface area contributed by atoms with Gasteiger partial charge in [0.1, 0.15) is 5.82 Å². The Bertz CT molecular complexity index is 982. The zero-order chi connectivity index (χ0) is 18.6. The van der Waals surface area contributed by atoms with Gasteiger partial charge in [-0.1, -0.05) is 36.4 Å². The first-order valence-electron chi connectivity index (χ1n) is 8.83. The van der Waals surface area contributed by atoms with Crippen LogP contribution in [-0.4, -0.2) is 27.0 Å². The lowest BCUT2D eigenvalue weighted by atomic mass is 10.1. The average Bonchev–Trinajstić information content (AvgIpc) is 3.00. The van der Waals surface area contributed by atoms with E-state index in [4.69, 9.17) is 0 Å². The molecular weight excluding hydrogens is 358 g/mol. The third-order valence-electron chi connectivity index (χ3n) is 4.48. The molecule has 0 saturated carbocycles. The molecule has 1 amide bonds. The Kier molecular flexibility index (Phi) is 5.07. The smallest absolute Gasteiger partial charge is 0.225 e. The van der Waals surface area contributed by atoms with Crippen LogP contribution in [0.5, 0.6) is 0 Å². The van der Waals surface area contributed by atoms with Gasteiger partial charge >= 0.3 is 0 Å². The number of carbonyl (C=O) groups is 2. The van der Waals surface area contributed by atoms with Crippen molar-refractivity contribution in [1.29, 1.82) is 0 Å². The number of amides is 1. The second kappa shape index (κ2) is 7.80. The Labute approximate surface area is 161 Å². The Morgan fingerprint density at radius 2 is 2.04 bits per heavy atom. The van der Waals surface area contributed by atoms with E-state index in [1.165, 1.54) is 0 Å². The topological polar surface area (TPSA) is 64.0 Å². The quantitative estimate of drug-likeness (QED) is 0.687. The summed E-state index contributed by atoms with van der Waals surface area (Å²) >= 11 is 1.63. The van der Waals surface area contributed by atoms with Gasteiger partial charge in [-0.25, -0.2) is 4.98 Å². The number of anilines is 1. The van der Waals surface area contributed by atoms with E-state index in [-0.39, 0.29) is 18.1 Å². The van der Waals surface area contributed by atoms with Crippen LogP contribution in [0.1, 0.15) is 28.2 Å². The number of thioether (sulfide) groups is 1. The number of ketones is 1. The minimum atomic E-state index is -0.0122. The summed E-state index contributed by atoms with van der Waals surface area (Å²) in [4.78, 5) is 29.9. The molecule has 0 radical (unpaired) electrons. The van der Waals surface area contributed by atoms with Crippen molar-refractivity contribution in [3.8, 4) is 0 Å². The Morgan fingerprint density at radius 1 is 1.19 bits per heavy atom. The van der Waals surface area contributed by atoms with E-state index in [1.807, 2.05) is 41.1 Å². The molecule has 1 aliphatic rings. The van der Waals surface area contributed by atoms with Gasteiger partial charge in [0, 0.05) is 41.6 Å². The lowest BCUT2D eigenvalue weighted by Gasteiger charge is -2.10. The zero-order valence-electron chi connectivity index (χ0n) is 14.7. The van der Waals surface area contributed by atoms with Crippen LogP contribution in [0.15, 0.2) is 65.8 Å². The van der Waals surface area contributed by atoms with E-state index in [0.29, 0.717) is 18.5 Å². The standard InChI is InChI=1S/C21H19N3O2S/c25-18(16-6-7-19-17(12-16)23-21(26)8-11-27-19)13-20-22-9-10-24(20)14-15-4-2-1-3-5-15/h1-7,9-10,12H,8,11,13-14H2,(H,23,26).